The molecule has 0 saturated carbocycles. The first kappa shape index (κ1) is 15.0. The molecule has 0 spiro atoms. The molecule has 2 atom stereocenters. The maximum atomic E-state index is 12.5. The summed E-state index contributed by atoms with van der Waals surface area (Å²) in [6.45, 7) is 7.43. The molecule has 1 amide bonds. The molecule has 0 radical (unpaired) electrons. The van der Waals surface area contributed by atoms with Crippen LogP contribution in [0, 0.1) is 5.41 Å². The van der Waals surface area contributed by atoms with Crippen molar-refractivity contribution in [2.45, 2.75) is 38.9 Å². The van der Waals surface area contributed by atoms with Crippen molar-refractivity contribution >= 4 is 17.2 Å². The Bertz CT molecular complexity index is 494. The zero-order valence-electron chi connectivity index (χ0n) is 13.1. The van der Waals surface area contributed by atoms with Crippen LogP contribution in [0.3, 0.4) is 0 Å². The summed E-state index contributed by atoms with van der Waals surface area (Å²) in [5.41, 5.74) is 0.240. The van der Waals surface area contributed by atoms with Crippen LogP contribution in [0.1, 0.15) is 37.7 Å². The van der Waals surface area contributed by atoms with Crippen LogP contribution in [0.2, 0.25) is 0 Å². The van der Waals surface area contributed by atoms with E-state index < -0.39 is 0 Å². The van der Waals surface area contributed by atoms with E-state index in [1.54, 1.807) is 11.3 Å². The van der Waals surface area contributed by atoms with Gasteiger partial charge in [-0.15, -0.1) is 11.3 Å². The van der Waals surface area contributed by atoms with Crippen molar-refractivity contribution in [1.82, 2.24) is 15.1 Å². The summed E-state index contributed by atoms with van der Waals surface area (Å²) in [4.78, 5) is 18.2. The molecular formula is C16H25N3OS. The molecule has 3 heterocycles. The predicted octanol–water partition coefficient (Wildman–Crippen LogP) is 2.30. The average Bonchev–Trinajstić information content (AvgIpc) is 3.07. The van der Waals surface area contributed by atoms with Crippen molar-refractivity contribution in [3.05, 3.63) is 22.4 Å². The SMILES string of the molecule is CC1NC(c2cccs2)N(CC2(C)CCN(C)CC2)C1=O. The van der Waals surface area contributed by atoms with Gasteiger partial charge in [-0.3, -0.25) is 10.1 Å². The molecule has 21 heavy (non-hydrogen) atoms. The Morgan fingerprint density at radius 1 is 1.43 bits per heavy atom. The van der Waals surface area contributed by atoms with E-state index in [0.717, 1.165) is 19.6 Å². The molecule has 0 aliphatic carbocycles. The van der Waals surface area contributed by atoms with Crippen molar-refractivity contribution in [3.8, 4) is 0 Å². The van der Waals surface area contributed by atoms with Crippen molar-refractivity contribution in [2.24, 2.45) is 5.41 Å². The fourth-order valence-electron chi connectivity index (χ4n) is 3.35. The highest BCUT2D eigenvalue weighted by Gasteiger charge is 2.42. The summed E-state index contributed by atoms with van der Waals surface area (Å²) in [6.07, 6.45) is 2.39. The van der Waals surface area contributed by atoms with E-state index in [-0.39, 0.29) is 23.5 Å². The first-order valence-corrected chi connectivity index (χ1v) is 8.65. The van der Waals surface area contributed by atoms with Crippen molar-refractivity contribution < 1.29 is 4.79 Å². The molecule has 0 bridgehead atoms. The topological polar surface area (TPSA) is 35.6 Å². The predicted molar refractivity (Wildman–Crippen MR) is 86.2 cm³/mol. The maximum absolute atomic E-state index is 12.5. The second-order valence-corrected chi connectivity index (χ2v) is 7.87. The number of nitrogens with one attached hydrogen (secondary N) is 1. The van der Waals surface area contributed by atoms with Gasteiger partial charge in [0.1, 0.15) is 6.17 Å². The van der Waals surface area contributed by atoms with Gasteiger partial charge in [-0.1, -0.05) is 13.0 Å². The number of rotatable bonds is 3. The third-order valence-electron chi connectivity index (χ3n) is 4.93. The van der Waals surface area contributed by atoms with Gasteiger partial charge in [0.05, 0.1) is 6.04 Å². The molecule has 2 saturated heterocycles. The van der Waals surface area contributed by atoms with Crippen LogP contribution in [0.5, 0.6) is 0 Å². The van der Waals surface area contributed by atoms with E-state index in [0.29, 0.717) is 0 Å². The van der Waals surface area contributed by atoms with Gasteiger partial charge >= 0.3 is 0 Å². The zero-order valence-corrected chi connectivity index (χ0v) is 13.9. The first-order valence-electron chi connectivity index (χ1n) is 7.77. The highest BCUT2D eigenvalue weighted by Crippen LogP contribution is 2.36. The van der Waals surface area contributed by atoms with Gasteiger partial charge in [-0.05, 0) is 56.8 Å². The van der Waals surface area contributed by atoms with Crippen molar-refractivity contribution in [1.29, 1.82) is 0 Å². The van der Waals surface area contributed by atoms with Crippen LogP contribution in [-0.2, 0) is 4.79 Å². The van der Waals surface area contributed by atoms with Gasteiger partial charge in [-0.25, -0.2) is 0 Å². The van der Waals surface area contributed by atoms with E-state index in [9.17, 15) is 4.79 Å². The molecule has 2 aliphatic heterocycles. The number of thiophene rings is 1. The molecule has 4 nitrogen and oxygen atoms in total. The summed E-state index contributed by atoms with van der Waals surface area (Å²) < 4.78 is 0. The van der Waals surface area contributed by atoms with Crippen LogP contribution in [-0.4, -0.2) is 48.4 Å². The molecule has 1 aromatic heterocycles. The summed E-state index contributed by atoms with van der Waals surface area (Å²) in [6, 6.07) is 4.11. The summed E-state index contributed by atoms with van der Waals surface area (Å²) in [5, 5.41) is 5.53. The van der Waals surface area contributed by atoms with Crippen LogP contribution >= 0.6 is 11.3 Å². The molecular weight excluding hydrogens is 282 g/mol. The Morgan fingerprint density at radius 2 is 2.14 bits per heavy atom. The number of nitrogens with zero attached hydrogens (tertiary/aromatic N) is 2. The van der Waals surface area contributed by atoms with Gasteiger partial charge in [0.2, 0.25) is 5.91 Å². The fourth-order valence-corrected chi connectivity index (χ4v) is 4.15. The van der Waals surface area contributed by atoms with Crippen molar-refractivity contribution in [2.75, 3.05) is 26.7 Å². The van der Waals surface area contributed by atoms with Crippen LogP contribution in [0.15, 0.2) is 17.5 Å². The molecule has 5 heteroatoms. The third kappa shape index (κ3) is 3.00. The van der Waals surface area contributed by atoms with E-state index in [1.165, 1.54) is 17.7 Å². The van der Waals surface area contributed by atoms with Gasteiger partial charge in [0.25, 0.3) is 0 Å². The minimum absolute atomic E-state index is 0.0592. The lowest BCUT2D eigenvalue weighted by molar-refractivity contribution is -0.131. The number of amides is 1. The lowest BCUT2D eigenvalue weighted by Gasteiger charge is -2.41. The number of hydrogen-bond acceptors (Lipinski definition) is 4. The Hall–Kier alpha value is -0.910. The molecule has 1 aromatic rings. The normalized spacial score (nSPS) is 30.0. The van der Waals surface area contributed by atoms with Gasteiger partial charge in [-0.2, -0.15) is 0 Å². The van der Waals surface area contributed by atoms with Gasteiger partial charge in [0, 0.05) is 11.4 Å². The molecule has 2 unspecified atom stereocenters. The van der Waals surface area contributed by atoms with Gasteiger partial charge in [0.15, 0.2) is 0 Å². The second kappa shape index (κ2) is 5.71. The lowest BCUT2D eigenvalue weighted by atomic mass is 9.80. The molecule has 1 N–H and O–H groups in total. The number of piperidine rings is 1. The Balaban J connectivity index is 1.76. The van der Waals surface area contributed by atoms with Crippen LogP contribution in [0.4, 0.5) is 0 Å². The summed E-state index contributed by atoms with van der Waals surface area (Å²) >= 11 is 1.72. The zero-order chi connectivity index (χ0) is 15.0. The standard InChI is InChI=1S/C16H25N3OS/c1-12-15(20)19(14(17-12)13-5-4-10-21-13)11-16(2)6-8-18(3)9-7-16/h4-5,10,12,14,17H,6-9,11H2,1-3H3. The molecule has 2 aliphatic rings. The number of carbonyl (C=O) groups excluding carboxylic acids is 1. The highest BCUT2D eigenvalue weighted by molar-refractivity contribution is 7.10. The van der Waals surface area contributed by atoms with E-state index >= 15 is 0 Å². The van der Waals surface area contributed by atoms with E-state index in [4.69, 9.17) is 0 Å². The fraction of sp³-hybridized carbons (Fsp3) is 0.688. The average molecular weight is 307 g/mol. The van der Waals surface area contributed by atoms with E-state index in [2.05, 4.69) is 46.6 Å². The van der Waals surface area contributed by atoms with Crippen LogP contribution < -0.4 is 5.32 Å². The lowest BCUT2D eigenvalue weighted by Crippen LogP contribution is -2.45. The smallest absolute Gasteiger partial charge is 0.241 e. The number of carbonyl (C=O) groups is 1. The van der Waals surface area contributed by atoms with Gasteiger partial charge < -0.3 is 9.80 Å². The number of hydrogen-bond donors (Lipinski definition) is 1. The number of likely N-dealkylation sites (tertiary alicyclic amines) is 1. The second-order valence-electron chi connectivity index (χ2n) is 6.89. The Kier molecular flexibility index (Phi) is 4.08. The maximum Gasteiger partial charge on any atom is 0.241 e. The molecule has 116 valence electrons. The minimum Gasteiger partial charge on any atom is -0.320 e. The van der Waals surface area contributed by atoms with E-state index in [1.807, 2.05) is 6.92 Å². The molecule has 0 aromatic carbocycles. The summed E-state index contributed by atoms with van der Waals surface area (Å²) in [5.74, 6) is 0.244. The Morgan fingerprint density at radius 3 is 2.76 bits per heavy atom. The first-order chi connectivity index (χ1) is 9.98. The largest absolute Gasteiger partial charge is 0.320 e. The molecule has 2 fully saturated rings. The monoisotopic (exact) mass is 307 g/mol. The van der Waals surface area contributed by atoms with Crippen molar-refractivity contribution in [3.63, 3.8) is 0 Å². The van der Waals surface area contributed by atoms with Crippen LogP contribution in [0.25, 0.3) is 0 Å². The third-order valence-corrected chi connectivity index (χ3v) is 5.86. The highest BCUT2D eigenvalue weighted by atomic mass is 32.1. The Labute approximate surface area is 131 Å². The molecule has 3 rings (SSSR count). The minimum atomic E-state index is -0.0769. The quantitative estimate of drug-likeness (QED) is 0.931. The summed E-state index contributed by atoms with van der Waals surface area (Å²) in [7, 11) is 2.18.